The SMILES string of the molecule is c1ccc(-c2cc(-c3ccccc3)nc(-c3cccc(-c4cccc(-c5ccc6c7cccc8c9ccc(-c%10cccc(-c%11cccc%12sc%13ccccc%13c%11%12)c%10)cc9n(c6c5)c78)c4)c3)n2)cc1. The fourth-order valence-electron chi connectivity index (χ4n) is 10.5. The summed E-state index contributed by atoms with van der Waals surface area (Å²) in [5.74, 6) is 0.701. The van der Waals surface area contributed by atoms with E-state index < -0.39 is 0 Å². The van der Waals surface area contributed by atoms with Crippen LogP contribution in [0.2, 0.25) is 0 Å². The Balaban J connectivity index is 0.858. The van der Waals surface area contributed by atoms with E-state index in [2.05, 4.69) is 229 Å². The Kier molecular flexibility index (Phi) is 8.76. The zero-order valence-corrected chi connectivity index (χ0v) is 37.6. The van der Waals surface area contributed by atoms with Gasteiger partial charge in [-0.25, -0.2) is 9.97 Å². The summed E-state index contributed by atoms with van der Waals surface area (Å²) in [7, 11) is 0. The van der Waals surface area contributed by atoms with Crippen LogP contribution in [-0.2, 0) is 0 Å². The fourth-order valence-corrected chi connectivity index (χ4v) is 11.7. The van der Waals surface area contributed by atoms with Crippen molar-refractivity contribution in [2.75, 3.05) is 0 Å². The van der Waals surface area contributed by atoms with Gasteiger partial charge >= 0.3 is 0 Å². The smallest absolute Gasteiger partial charge is 0.160 e. The second kappa shape index (κ2) is 15.5. The van der Waals surface area contributed by atoms with E-state index in [0.29, 0.717) is 5.82 Å². The Morgan fingerprint density at radius 2 is 0.735 bits per heavy atom. The molecule has 4 aromatic heterocycles. The second-order valence-corrected chi connectivity index (χ2v) is 18.8. The van der Waals surface area contributed by atoms with E-state index in [4.69, 9.17) is 9.97 Å². The van der Waals surface area contributed by atoms with Crippen molar-refractivity contribution in [2.45, 2.75) is 0 Å². The Morgan fingerprint density at radius 3 is 1.35 bits per heavy atom. The van der Waals surface area contributed by atoms with Crippen molar-refractivity contribution in [3.8, 4) is 78.4 Å². The molecule has 0 saturated heterocycles. The third-order valence-corrected chi connectivity index (χ3v) is 14.9. The molecule has 3 nitrogen and oxygen atoms in total. The van der Waals surface area contributed by atoms with Crippen molar-refractivity contribution >= 4 is 69.6 Å². The van der Waals surface area contributed by atoms with E-state index in [1.165, 1.54) is 91.6 Å². The number of para-hydroxylation sites is 1. The zero-order chi connectivity index (χ0) is 44.7. The number of thiophene rings is 1. The predicted octanol–water partition coefficient (Wildman–Crippen LogP) is 17.7. The molecule has 10 aromatic carbocycles. The predicted molar refractivity (Wildman–Crippen MR) is 288 cm³/mol. The highest BCUT2D eigenvalue weighted by Gasteiger charge is 2.20. The van der Waals surface area contributed by atoms with Gasteiger partial charge in [0.1, 0.15) is 0 Å². The summed E-state index contributed by atoms with van der Waals surface area (Å²) in [6.45, 7) is 0. The summed E-state index contributed by atoms with van der Waals surface area (Å²) in [6.07, 6.45) is 0. The van der Waals surface area contributed by atoms with Gasteiger partial charge in [0.15, 0.2) is 5.82 Å². The average molecular weight is 882 g/mol. The molecule has 4 heteroatoms. The molecule has 14 aromatic rings. The summed E-state index contributed by atoms with van der Waals surface area (Å²) in [4.78, 5) is 10.3. The summed E-state index contributed by atoms with van der Waals surface area (Å²) < 4.78 is 5.15. The third-order valence-electron chi connectivity index (χ3n) is 13.7. The van der Waals surface area contributed by atoms with Gasteiger partial charge in [0.25, 0.3) is 0 Å². The van der Waals surface area contributed by atoms with Gasteiger partial charge in [-0.3, -0.25) is 0 Å². The molecule has 316 valence electrons. The molecule has 68 heavy (non-hydrogen) atoms. The Morgan fingerprint density at radius 1 is 0.294 bits per heavy atom. The second-order valence-electron chi connectivity index (χ2n) is 17.7. The quantitative estimate of drug-likeness (QED) is 0.160. The van der Waals surface area contributed by atoms with E-state index in [1.807, 2.05) is 23.5 Å². The van der Waals surface area contributed by atoms with Crippen LogP contribution in [0.15, 0.2) is 237 Å². The average Bonchev–Trinajstić information content (AvgIpc) is 4.08. The lowest BCUT2D eigenvalue weighted by atomic mass is 9.95. The van der Waals surface area contributed by atoms with Crippen LogP contribution in [0.3, 0.4) is 0 Å². The van der Waals surface area contributed by atoms with Crippen LogP contribution in [0.4, 0.5) is 0 Å². The minimum absolute atomic E-state index is 0.701. The molecule has 14 rings (SSSR count). The molecule has 0 amide bonds. The van der Waals surface area contributed by atoms with Crippen LogP contribution in [0, 0.1) is 0 Å². The Labute approximate surface area is 396 Å². The molecule has 0 atom stereocenters. The zero-order valence-electron chi connectivity index (χ0n) is 36.8. The molecule has 0 saturated carbocycles. The maximum absolute atomic E-state index is 5.13. The lowest BCUT2D eigenvalue weighted by Crippen LogP contribution is -1.96. The monoisotopic (exact) mass is 881 g/mol. The van der Waals surface area contributed by atoms with Gasteiger partial charge in [0, 0.05) is 58.4 Å². The van der Waals surface area contributed by atoms with E-state index in [9.17, 15) is 0 Å². The molecule has 0 radical (unpaired) electrons. The number of fused-ring (bicyclic) bond motifs is 9. The molecule has 0 aliphatic heterocycles. The highest BCUT2D eigenvalue weighted by Crippen LogP contribution is 2.44. The minimum Gasteiger partial charge on any atom is -0.308 e. The van der Waals surface area contributed by atoms with Crippen molar-refractivity contribution in [1.29, 1.82) is 0 Å². The molecule has 0 spiro atoms. The third kappa shape index (κ3) is 6.26. The number of hydrogen-bond acceptors (Lipinski definition) is 3. The molecule has 0 aliphatic carbocycles. The van der Waals surface area contributed by atoms with Gasteiger partial charge in [-0.2, -0.15) is 0 Å². The van der Waals surface area contributed by atoms with Crippen molar-refractivity contribution < 1.29 is 0 Å². The summed E-state index contributed by atoms with van der Waals surface area (Å²) in [5, 5.41) is 7.74. The normalized spacial score (nSPS) is 11.8. The first-order valence-corrected chi connectivity index (χ1v) is 23.9. The minimum atomic E-state index is 0.701. The lowest BCUT2D eigenvalue weighted by molar-refractivity contribution is 1.18. The topological polar surface area (TPSA) is 30.2 Å². The first kappa shape index (κ1) is 38.6. The van der Waals surface area contributed by atoms with Crippen LogP contribution >= 0.6 is 11.3 Å². The number of aromatic nitrogens is 3. The van der Waals surface area contributed by atoms with Gasteiger partial charge in [-0.1, -0.05) is 188 Å². The molecule has 0 unspecified atom stereocenters. The molecule has 4 heterocycles. The van der Waals surface area contributed by atoms with Gasteiger partial charge in [0.2, 0.25) is 0 Å². The standard InChI is InChI=1S/C64H39N3S/c1-3-14-40(15-4-1)56-39-57(41-16-5-2-6-17-41)66-64(65-56)49-23-11-21-45(36-49)42-18-9-19-43(34-42)46-30-32-51-53-26-12-27-54-52-33-31-47(38-59(52)67(63(53)54)58(51)37-46)44-20-10-22-48(35-44)50-25-13-29-61-62(50)55-24-7-8-28-60(55)68-61/h1-39H. The van der Waals surface area contributed by atoms with Crippen LogP contribution in [0.5, 0.6) is 0 Å². The van der Waals surface area contributed by atoms with E-state index in [1.54, 1.807) is 0 Å². The molecule has 0 N–H and O–H groups in total. The Bertz CT molecular complexity index is 4200. The number of nitrogens with zero attached hydrogens (tertiary/aromatic N) is 3. The first-order valence-electron chi connectivity index (χ1n) is 23.1. The highest BCUT2D eigenvalue weighted by molar-refractivity contribution is 7.25. The molecular formula is C64H39N3S. The van der Waals surface area contributed by atoms with Crippen LogP contribution in [0.1, 0.15) is 0 Å². The molecule has 0 fully saturated rings. The fraction of sp³-hybridized carbons (Fsp3) is 0. The van der Waals surface area contributed by atoms with Crippen LogP contribution in [-0.4, -0.2) is 14.4 Å². The van der Waals surface area contributed by atoms with Crippen molar-refractivity contribution in [3.05, 3.63) is 237 Å². The van der Waals surface area contributed by atoms with Crippen molar-refractivity contribution in [2.24, 2.45) is 0 Å². The highest BCUT2D eigenvalue weighted by atomic mass is 32.1. The van der Waals surface area contributed by atoms with E-state index in [-0.39, 0.29) is 0 Å². The van der Waals surface area contributed by atoms with Gasteiger partial charge in [-0.05, 0) is 93.0 Å². The van der Waals surface area contributed by atoms with E-state index >= 15 is 0 Å². The van der Waals surface area contributed by atoms with Crippen LogP contribution in [0.25, 0.3) is 137 Å². The van der Waals surface area contributed by atoms with Gasteiger partial charge in [-0.15, -0.1) is 11.3 Å². The summed E-state index contributed by atoms with van der Waals surface area (Å²) >= 11 is 1.87. The maximum Gasteiger partial charge on any atom is 0.160 e. The molecular weight excluding hydrogens is 843 g/mol. The Hall–Kier alpha value is -8.70. The lowest BCUT2D eigenvalue weighted by Gasteiger charge is -2.11. The van der Waals surface area contributed by atoms with Crippen molar-refractivity contribution in [1.82, 2.24) is 14.4 Å². The van der Waals surface area contributed by atoms with E-state index in [0.717, 1.165) is 39.2 Å². The maximum atomic E-state index is 5.13. The number of hydrogen-bond donors (Lipinski definition) is 0. The first-order chi connectivity index (χ1) is 33.7. The van der Waals surface area contributed by atoms with Gasteiger partial charge in [0.05, 0.1) is 27.9 Å². The summed E-state index contributed by atoms with van der Waals surface area (Å²) in [5.41, 5.74) is 18.1. The largest absolute Gasteiger partial charge is 0.308 e. The van der Waals surface area contributed by atoms with Gasteiger partial charge < -0.3 is 4.40 Å². The van der Waals surface area contributed by atoms with Crippen LogP contribution < -0.4 is 0 Å². The number of rotatable bonds is 7. The number of benzene rings is 10. The summed E-state index contributed by atoms with van der Waals surface area (Å²) in [6, 6.07) is 85.7. The molecule has 0 bridgehead atoms. The molecule has 0 aliphatic rings. The van der Waals surface area contributed by atoms with Crippen molar-refractivity contribution in [3.63, 3.8) is 0 Å².